The van der Waals surface area contributed by atoms with Crippen molar-refractivity contribution in [3.63, 3.8) is 0 Å². The second kappa shape index (κ2) is 8.18. The minimum absolute atomic E-state index is 0.161. The maximum Gasteiger partial charge on any atom is 0.243 e. The van der Waals surface area contributed by atoms with Crippen LogP contribution in [-0.4, -0.2) is 37.5 Å². The summed E-state index contributed by atoms with van der Waals surface area (Å²) in [5.41, 5.74) is 0.319. The van der Waals surface area contributed by atoms with Crippen LogP contribution in [0.5, 0.6) is 0 Å². The Morgan fingerprint density at radius 2 is 1.96 bits per heavy atom. The lowest BCUT2D eigenvalue weighted by Gasteiger charge is -2.18. The fourth-order valence-electron chi connectivity index (χ4n) is 3.12. The average Bonchev–Trinajstić information content (AvgIpc) is 3.15. The van der Waals surface area contributed by atoms with Gasteiger partial charge in [0.25, 0.3) is 0 Å². The van der Waals surface area contributed by atoms with Gasteiger partial charge in [0.15, 0.2) is 0 Å². The minimum Gasteiger partial charge on any atom is -0.379 e. The Labute approximate surface area is 152 Å². The first-order valence-electron chi connectivity index (χ1n) is 9.32. The highest BCUT2D eigenvalue weighted by Crippen LogP contribution is 2.33. The molecule has 0 aromatic carbocycles. The van der Waals surface area contributed by atoms with Crippen LogP contribution in [0.15, 0.2) is 11.1 Å². The first-order valence-corrected chi connectivity index (χ1v) is 10.8. The molecule has 25 heavy (non-hydrogen) atoms. The largest absolute Gasteiger partial charge is 0.379 e. The van der Waals surface area contributed by atoms with Crippen LogP contribution in [-0.2, 0) is 20.2 Å². The van der Waals surface area contributed by atoms with E-state index in [-0.39, 0.29) is 11.5 Å². The van der Waals surface area contributed by atoms with E-state index in [2.05, 4.69) is 9.82 Å². The van der Waals surface area contributed by atoms with E-state index in [9.17, 15) is 8.42 Å². The van der Waals surface area contributed by atoms with Gasteiger partial charge >= 0.3 is 0 Å². The summed E-state index contributed by atoms with van der Waals surface area (Å²) in [6.07, 6.45) is 7.06. The molecule has 1 aliphatic rings. The van der Waals surface area contributed by atoms with Crippen LogP contribution in [0.4, 0.5) is 0 Å². The molecule has 1 aliphatic carbocycles. The normalized spacial score (nSPS) is 16.9. The van der Waals surface area contributed by atoms with E-state index in [1.807, 2.05) is 39.3 Å². The van der Waals surface area contributed by atoms with Crippen molar-refractivity contribution in [1.29, 1.82) is 0 Å². The quantitative estimate of drug-likeness (QED) is 0.711. The van der Waals surface area contributed by atoms with Crippen molar-refractivity contribution in [2.24, 2.45) is 0 Å². The fraction of sp³-hybridized carbons (Fsp3) is 0.833. The molecule has 144 valence electrons. The zero-order valence-corrected chi connectivity index (χ0v) is 17.0. The first-order chi connectivity index (χ1) is 11.6. The Hall–Kier alpha value is -0.920. The maximum absolute atomic E-state index is 12.8. The zero-order chi connectivity index (χ0) is 18.7. The van der Waals surface area contributed by atoms with E-state index in [1.54, 1.807) is 6.20 Å². The molecule has 0 amide bonds. The van der Waals surface area contributed by atoms with E-state index in [0.29, 0.717) is 36.2 Å². The van der Waals surface area contributed by atoms with Crippen molar-refractivity contribution in [2.75, 3.05) is 13.2 Å². The highest BCUT2D eigenvalue weighted by atomic mass is 32.2. The van der Waals surface area contributed by atoms with Crippen LogP contribution >= 0.6 is 0 Å². The van der Waals surface area contributed by atoms with Crippen LogP contribution in [0.2, 0.25) is 0 Å². The van der Waals surface area contributed by atoms with Crippen LogP contribution in [0.1, 0.15) is 78.5 Å². The van der Waals surface area contributed by atoms with Gasteiger partial charge in [0.1, 0.15) is 4.90 Å². The third-order valence-electron chi connectivity index (χ3n) is 4.46. The molecule has 6 nitrogen and oxygen atoms in total. The van der Waals surface area contributed by atoms with Gasteiger partial charge in [-0.2, -0.15) is 5.10 Å². The number of aromatic nitrogens is 2. The maximum atomic E-state index is 12.8. The molecule has 7 heteroatoms. The lowest BCUT2D eigenvalue weighted by atomic mass is 9.92. The Kier molecular flexibility index (Phi) is 6.68. The van der Waals surface area contributed by atoms with Crippen LogP contribution in [0, 0.1) is 0 Å². The van der Waals surface area contributed by atoms with E-state index < -0.39 is 10.0 Å². The third-order valence-corrected chi connectivity index (χ3v) is 5.92. The van der Waals surface area contributed by atoms with Gasteiger partial charge in [0.2, 0.25) is 10.0 Å². The molecule has 1 heterocycles. The number of hydrogen-bond donors (Lipinski definition) is 1. The molecule has 0 radical (unpaired) electrons. The monoisotopic (exact) mass is 371 g/mol. The number of ether oxygens (including phenoxy) is 1. The van der Waals surface area contributed by atoms with Gasteiger partial charge in [-0.05, 0) is 33.1 Å². The number of sulfonamides is 1. The molecule has 0 unspecified atom stereocenters. The topological polar surface area (TPSA) is 73.2 Å². The first kappa shape index (κ1) is 20.4. The van der Waals surface area contributed by atoms with Gasteiger partial charge in [-0.3, -0.25) is 4.68 Å². The lowest BCUT2D eigenvalue weighted by Crippen LogP contribution is -2.28. The van der Waals surface area contributed by atoms with Gasteiger partial charge in [-0.25, -0.2) is 13.1 Å². The second-order valence-corrected chi connectivity index (χ2v) is 9.92. The summed E-state index contributed by atoms with van der Waals surface area (Å²) in [7, 11) is -3.57. The number of hydrogen-bond acceptors (Lipinski definition) is 4. The van der Waals surface area contributed by atoms with Gasteiger partial charge in [0, 0.05) is 24.8 Å². The summed E-state index contributed by atoms with van der Waals surface area (Å²) >= 11 is 0. The number of nitrogens with one attached hydrogen (secondary N) is 1. The summed E-state index contributed by atoms with van der Waals surface area (Å²) in [5, 5.41) is 4.67. The molecule has 0 aliphatic heterocycles. The number of nitrogens with zero attached hydrogens (tertiary/aromatic N) is 2. The fourth-order valence-corrected chi connectivity index (χ4v) is 4.54. The van der Waals surface area contributed by atoms with Crippen molar-refractivity contribution in [3.8, 4) is 0 Å². The molecular formula is C18H33N3O3S. The summed E-state index contributed by atoms with van der Waals surface area (Å²) in [4.78, 5) is 0.316. The van der Waals surface area contributed by atoms with Crippen molar-refractivity contribution >= 4 is 10.0 Å². The van der Waals surface area contributed by atoms with Gasteiger partial charge < -0.3 is 4.74 Å². The van der Waals surface area contributed by atoms with Gasteiger partial charge in [-0.1, -0.05) is 33.6 Å². The minimum atomic E-state index is -3.57. The molecule has 0 saturated heterocycles. The van der Waals surface area contributed by atoms with Crippen molar-refractivity contribution in [3.05, 3.63) is 11.9 Å². The summed E-state index contributed by atoms with van der Waals surface area (Å²) in [6, 6.07) is 0.324. The molecule has 1 aromatic rings. The Bertz CT molecular complexity index is 654. The highest BCUT2D eigenvalue weighted by Gasteiger charge is 2.31. The molecule has 1 N–H and O–H groups in total. The van der Waals surface area contributed by atoms with E-state index in [1.165, 1.54) is 12.8 Å². The zero-order valence-electron chi connectivity index (χ0n) is 16.2. The van der Waals surface area contributed by atoms with Crippen LogP contribution < -0.4 is 4.72 Å². The summed E-state index contributed by atoms with van der Waals surface area (Å²) in [6.45, 7) is 10.9. The van der Waals surface area contributed by atoms with Gasteiger partial charge in [-0.15, -0.1) is 0 Å². The van der Waals surface area contributed by atoms with E-state index in [4.69, 9.17) is 4.74 Å². The molecule has 1 saturated carbocycles. The lowest BCUT2D eigenvalue weighted by molar-refractivity contribution is 0.0778. The molecular weight excluding hydrogens is 338 g/mol. The molecule has 0 spiro atoms. The SMILES string of the molecule is CC(C)OCCCNS(=O)(=O)c1cn(C2CCCC2)nc1C(C)(C)C. The standard InChI is InChI=1S/C18H33N3O3S/c1-14(2)24-12-8-11-19-25(22,23)16-13-21(15-9-6-7-10-15)20-17(16)18(3,4)5/h13-15,19H,6-12H2,1-5H3. The van der Waals surface area contributed by atoms with Crippen LogP contribution in [0.25, 0.3) is 0 Å². The smallest absolute Gasteiger partial charge is 0.243 e. The predicted octanol–water partition coefficient (Wildman–Crippen LogP) is 3.39. The highest BCUT2D eigenvalue weighted by molar-refractivity contribution is 7.89. The van der Waals surface area contributed by atoms with E-state index >= 15 is 0 Å². The predicted molar refractivity (Wildman–Crippen MR) is 99.3 cm³/mol. The van der Waals surface area contributed by atoms with Crippen molar-refractivity contribution in [2.45, 2.75) is 89.2 Å². The second-order valence-electron chi connectivity index (χ2n) is 8.18. The van der Waals surface area contributed by atoms with Gasteiger partial charge in [0.05, 0.1) is 17.8 Å². The molecule has 1 fully saturated rings. The average molecular weight is 372 g/mol. The van der Waals surface area contributed by atoms with Crippen molar-refractivity contribution < 1.29 is 13.2 Å². The molecule has 1 aromatic heterocycles. The Balaban J connectivity index is 2.14. The summed E-state index contributed by atoms with van der Waals surface area (Å²) in [5.74, 6) is 0. The summed E-state index contributed by atoms with van der Waals surface area (Å²) < 4.78 is 35.7. The van der Waals surface area contributed by atoms with E-state index in [0.717, 1.165) is 12.8 Å². The number of rotatable bonds is 8. The Morgan fingerprint density at radius 1 is 1.32 bits per heavy atom. The van der Waals surface area contributed by atoms with Crippen molar-refractivity contribution in [1.82, 2.24) is 14.5 Å². The molecule has 0 bridgehead atoms. The molecule has 0 atom stereocenters. The molecule has 2 rings (SSSR count). The van der Waals surface area contributed by atoms with Crippen LogP contribution in [0.3, 0.4) is 0 Å². The third kappa shape index (κ3) is 5.53. The Morgan fingerprint density at radius 3 is 2.52 bits per heavy atom.